The molecule has 0 aromatic carbocycles. The van der Waals surface area contributed by atoms with Crippen LogP contribution in [0.15, 0.2) is 4.99 Å². The highest BCUT2D eigenvalue weighted by Gasteiger charge is 2.26. The molecule has 1 aliphatic heterocycles. The minimum absolute atomic E-state index is 0.135. The Kier molecular flexibility index (Phi) is 10.1. The summed E-state index contributed by atoms with van der Waals surface area (Å²) >= 11 is 0. The lowest BCUT2D eigenvalue weighted by molar-refractivity contribution is -0.132. The van der Waals surface area contributed by atoms with Crippen molar-refractivity contribution in [2.75, 3.05) is 39.3 Å². The summed E-state index contributed by atoms with van der Waals surface area (Å²) in [4.78, 5) is 6.85. The van der Waals surface area contributed by atoms with Crippen LogP contribution in [0.4, 0.5) is 13.2 Å². The number of unbranched alkanes of at least 4 members (excludes halogenated alkanes) is 2. The van der Waals surface area contributed by atoms with Gasteiger partial charge in [0.1, 0.15) is 0 Å². The molecule has 0 radical (unpaired) electrons. The van der Waals surface area contributed by atoms with E-state index in [0.717, 1.165) is 19.4 Å². The Morgan fingerprint density at radius 3 is 2.43 bits per heavy atom. The van der Waals surface area contributed by atoms with Gasteiger partial charge in [0.2, 0.25) is 0 Å². The molecule has 0 bridgehead atoms. The van der Waals surface area contributed by atoms with Crippen molar-refractivity contribution in [2.45, 2.75) is 58.0 Å². The van der Waals surface area contributed by atoms with Gasteiger partial charge in [-0.15, -0.1) is 0 Å². The number of halogens is 3. The Morgan fingerprint density at radius 2 is 1.78 bits per heavy atom. The average Bonchev–Trinajstić information content (AvgIpc) is 2.50. The van der Waals surface area contributed by atoms with Gasteiger partial charge in [-0.05, 0) is 52.2 Å². The van der Waals surface area contributed by atoms with Crippen molar-refractivity contribution in [2.24, 2.45) is 4.99 Å². The molecular formula is C16H31F3N4. The van der Waals surface area contributed by atoms with E-state index in [1.807, 2.05) is 6.92 Å². The first-order valence-corrected chi connectivity index (χ1v) is 8.82. The number of hydrogen-bond donors (Lipinski definition) is 2. The number of nitrogens with zero attached hydrogens (tertiary/aromatic N) is 2. The maximum absolute atomic E-state index is 12.1. The summed E-state index contributed by atoms with van der Waals surface area (Å²) < 4.78 is 36.4. The Balaban J connectivity index is 2.10. The Labute approximate surface area is 137 Å². The van der Waals surface area contributed by atoms with Crippen LogP contribution < -0.4 is 10.6 Å². The molecule has 7 heteroatoms. The third kappa shape index (κ3) is 11.2. The third-order valence-electron chi connectivity index (χ3n) is 3.90. The third-order valence-corrected chi connectivity index (χ3v) is 3.90. The maximum atomic E-state index is 12.1. The van der Waals surface area contributed by atoms with Crippen LogP contribution in [-0.2, 0) is 0 Å². The maximum Gasteiger partial charge on any atom is 0.390 e. The zero-order chi connectivity index (χ0) is 17.0. The van der Waals surface area contributed by atoms with Gasteiger partial charge in [0.15, 0.2) is 5.96 Å². The van der Waals surface area contributed by atoms with Crippen molar-refractivity contribution in [3.8, 4) is 0 Å². The number of piperidine rings is 1. The number of hydrogen-bond acceptors (Lipinski definition) is 2. The molecule has 2 N–H and O–H groups in total. The van der Waals surface area contributed by atoms with Gasteiger partial charge in [-0.2, -0.15) is 13.2 Å². The molecule has 0 aliphatic carbocycles. The van der Waals surface area contributed by atoms with Gasteiger partial charge in [0.05, 0.1) is 6.42 Å². The fourth-order valence-corrected chi connectivity index (χ4v) is 2.66. The van der Waals surface area contributed by atoms with Crippen LogP contribution in [0.5, 0.6) is 0 Å². The summed E-state index contributed by atoms with van der Waals surface area (Å²) in [5.41, 5.74) is 0. The molecule has 4 nitrogen and oxygen atoms in total. The Bertz CT molecular complexity index is 326. The van der Waals surface area contributed by atoms with E-state index in [1.165, 1.54) is 38.8 Å². The first kappa shape index (κ1) is 20.1. The van der Waals surface area contributed by atoms with E-state index < -0.39 is 12.6 Å². The minimum atomic E-state index is -4.13. The number of likely N-dealkylation sites (tertiary alicyclic amines) is 1. The SMILES string of the molecule is CCNC(=NCCCCCN1CCCCC1)NCCC(F)(F)F. The van der Waals surface area contributed by atoms with Gasteiger partial charge >= 0.3 is 6.18 Å². The molecule has 1 aliphatic rings. The molecular weight excluding hydrogens is 305 g/mol. The van der Waals surface area contributed by atoms with Crippen molar-refractivity contribution < 1.29 is 13.2 Å². The lowest BCUT2D eigenvalue weighted by Crippen LogP contribution is -2.39. The Morgan fingerprint density at radius 1 is 1.04 bits per heavy atom. The van der Waals surface area contributed by atoms with Gasteiger partial charge in [-0.3, -0.25) is 4.99 Å². The molecule has 1 rings (SSSR count). The van der Waals surface area contributed by atoms with Crippen LogP contribution in [0.3, 0.4) is 0 Å². The highest BCUT2D eigenvalue weighted by molar-refractivity contribution is 5.79. The second-order valence-corrected chi connectivity index (χ2v) is 6.02. The van der Waals surface area contributed by atoms with Crippen molar-refractivity contribution in [3.63, 3.8) is 0 Å². The molecule has 1 fully saturated rings. The van der Waals surface area contributed by atoms with E-state index in [9.17, 15) is 13.2 Å². The van der Waals surface area contributed by atoms with Crippen molar-refractivity contribution >= 4 is 5.96 Å². The topological polar surface area (TPSA) is 39.7 Å². The lowest BCUT2D eigenvalue weighted by Gasteiger charge is -2.26. The summed E-state index contributed by atoms with van der Waals surface area (Å²) in [6.45, 7) is 6.68. The number of nitrogens with one attached hydrogen (secondary N) is 2. The predicted octanol–water partition coefficient (Wildman–Crippen LogP) is 3.15. The molecule has 0 aromatic rings. The number of aliphatic imine (C=N–C) groups is 1. The molecule has 23 heavy (non-hydrogen) atoms. The summed E-state index contributed by atoms with van der Waals surface area (Å²) in [7, 11) is 0. The van der Waals surface area contributed by atoms with E-state index in [4.69, 9.17) is 0 Å². The molecule has 1 saturated heterocycles. The quantitative estimate of drug-likeness (QED) is 0.386. The van der Waals surface area contributed by atoms with Crippen LogP contribution in [-0.4, -0.2) is 56.3 Å². The number of guanidine groups is 1. The zero-order valence-corrected chi connectivity index (χ0v) is 14.2. The molecule has 0 amide bonds. The van der Waals surface area contributed by atoms with E-state index in [-0.39, 0.29) is 6.54 Å². The largest absolute Gasteiger partial charge is 0.390 e. The second-order valence-electron chi connectivity index (χ2n) is 6.02. The van der Waals surface area contributed by atoms with Crippen LogP contribution in [0.1, 0.15) is 51.9 Å². The van der Waals surface area contributed by atoms with E-state index in [0.29, 0.717) is 19.0 Å². The van der Waals surface area contributed by atoms with Crippen LogP contribution in [0.2, 0.25) is 0 Å². The summed E-state index contributed by atoms with van der Waals surface area (Å²) in [6, 6.07) is 0. The Hall–Kier alpha value is -0.980. The standard InChI is InChI=1S/C16H31F3N4/c1-2-20-15(22-11-9-16(17,18)19)21-10-5-3-6-12-23-13-7-4-8-14-23/h2-14H2,1H3,(H2,20,21,22). The van der Waals surface area contributed by atoms with Crippen molar-refractivity contribution in [1.29, 1.82) is 0 Å². The molecule has 0 spiro atoms. The van der Waals surface area contributed by atoms with Gasteiger partial charge < -0.3 is 15.5 Å². The molecule has 1 heterocycles. The lowest BCUT2D eigenvalue weighted by atomic mass is 10.1. The molecule has 0 aromatic heterocycles. The number of alkyl halides is 3. The van der Waals surface area contributed by atoms with Crippen LogP contribution >= 0.6 is 0 Å². The summed E-state index contributed by atoms with van der Waals surface area (Å²) in [5.74, 6) is 0.479. The molecule has 136 valence electrons. The number of rotatable bonds is 9. The van der Waals surface area contributed by atoms with E-state index >= 15 is 0 Å². The van der Waals surface area contributed by atoms with Gasteiger partial charge in [0.25, 0.3) is 0 Å². The fourth-order valence-electron chi connectivity index (χ4n) is 2.66. The average molecular weight is 336 g/mol. The van der Waals surface area contributed by atoms with Crippen LogP contribution in [0.25, 0.3) is 0 Å². The smallest absolute Gasteiger partial charge is 0.357 e. The van der Waals surface area contributed by atoms with Gasteiger partial charge in [0, 0.05) is 19.6 Å². The van der Waals surface area contributed by atoms with E-state index in [2.05, 4.69) is 20.5 Å². The highest BCUT2D eigenvalue weighted by atomic mass is 19.4. The predicted molar refractivity (Wildman–Crippen MR) is 88.8 cm³/mol. The monoisotopic (exact) mass is 336 g/mol. The first-order valence-electron chi connectivity index (χ1n) is 8.82. The first-order chi connectivity index (χ1) is 11.0. The molecule has 0 atom stereocenters. The minimum Gasteiger partial charge on any atom is -0.357 e. The van der Waals surface area contributed by atoms with Gasteiger partial charge in [-0.1, -0.05) is 12.8 Å². The normalized spacial score (nSPS) is 17.3. The van der Waals surface area contributed by atoms with Crippen LogP contribution in [0, 0.1) is 0 Å². The second kappa shape index (κ2) is 11.5. The highest BCUT2D eigenvalue weighted by Crippen LogP contribution is 2.18. The molecule has 0 saturated carbocycles. The zero-order valence-electron chi connectivity index (χ0n) is 14.2. The van der Waals surface area contributed by atoms with Crippen molar-refractivity contribution in [1.82, 2.24) is 15.5 Å². The van der Waals surface area contributed by atoms with Crippen molar-refractivity contribution in [3.05, 3.63) is 0 Å². The fraction of sp³-hybridized carbons (Fsp3) is 0.938. The van der Waals surface area contributed by atoms with Gasteiger partial charge in [-0.25, -0.2) is 0 Å². The van der Waals surface area contributed by atoms with E-state index in [1.54, 1.807) is 0 Å². The summed E-state index contributed by atoms with van der Waals surface area (Å²) in [6.07, 6.45) is 2.30. The summed E-state index contributed by atoms with van der Waals surface area (Å²) in [5, 5.41) is 5.71. The molecule has 0 unspecified atom stereocenters.